The third kappa shape index (κ3) is 10.2. The van der Waals surface area contributed by atoms with Crippen molar-refractivity contribution in [1.82, 2.24) is 38.9 Å². The molecule has 6 rings (SSSR count). The highest BCUT2D eigenvalue weighted by molar-refractivity contribution is 5.90. The Bertz CT molecular complexity index is 1700. The third-order valence-electron chi connectivity index (χ3n) is 9.00. The molecule has 49 heavy (non-hydrogen) atoms. The molecule has 2 fully saturated rings. The van der Waals surface area contributed by atoms with Gasteiger partial charge in [-0.15, -0.1) is 0 Å². The molecule has 4 aromatic rings. The number of methoxy groups -OCH3 is 1. The van der Waals surface area contributed by atoms with Crippen LogP contribution < -0.4 is 0 Å². The Kier molecular flexibility index (Phi) is 11.8. The number of esters is 1. The number of aromatic carboxylic acids is 1. The molecule has 0 atom stereocenters. The minimum absolute atomic E-state index is 0.00519. The number of imidazole rings is 2. The van der Waals surface area contributed by atoms with Crippen molar-refractivity contribution >= 4 is 11.9 Å². The van der Waals surface area contributed by atoms with Crippen LogP contribution in [0.2, 0.25) is 0 Å². The van der Waals surface area contributed by atoms with Crippen molar-refractivity contribution in [2.75, 3.05) is 47.4 Å². The maximum atomic E-state index is 12.9. The molecule has 4 aromatic heterocycles. The molecule has 2 aliphatic rings. The first-order chi connectivity index (χ1) is 23.5. The number of alkyl halides is 2. The Balaban J connectivity index is 0.000000192. The quantitative estimate of drug-likeness (QED) is 0.180. The van der Waals surface area contributed by atoms with Crippen molar-refractivity contribution in [2.24, 2.45) is 11.8 Å². The standard InChI is InChI=1S/C18H22F2N4O2.C17H22N4O2/c1-23(10-13-8-18(19,20)9-13)5-6-24-11-16(22-12-24)15-7-14(3-4-21-15)17(25)26-2;1-20(10-13-3-2-4-13)7-8-21-11-16(19-12-21)15-9-14(17(22)23)5-6-18-15/h3-4,7,11-13H,5-6,8-10H2,1-2H3;5-6,9,11-13H,2-4,7-8,10H2,1H3,(H,22,23). The van der Waals surface area contributed by atoms with Crippen LogP contribution in [0.4, 0.5) is 8.78 Å². The van der Waals surface area contributed by atoms with Crippen LogP contribution in [0.3, 0.4) is 0 Å². The predicted octanol–water partition coefficient (Wildman–Crippen LogP) is 5.08. The van der Waals surface area contributed by atoms with E-state index in [0.717, 1.165) is 25.6 Å². The molecule has 1 N–H and O–H groups in total. The van der Waals surface area contributed by atoms with Gasteiger partial charge in [0, 0.05) is 76.9 Å². The monoisotopic (exact) mass is 678 g/mol. The lowest BCUT2D eigenvalue weighted by atomic mass is 9.81. The number of carbonyl (C=O) groups excluding carboxylic acids is 1. The Labute approximate surface area is 284 Å². The molecule has 262 valence electrons. The molecule has 0 bridgehead atoms. The zero-order chi connectivity index (χ0) is 35.0. The van der Waals surface area contributed by atoms with Gasteiger partial charge in [-0.3, -0.25) is 9.97 Å². The SMILES string of the molecule is CN(CCn1cnc(-c2cc(C(=O)O)ccn2)c1)CC1CCC1.COC(=O)c1ccnc(-c2cn(CCN(C)CC3CC(F)(F)C3)cn2)c1. The Morgan fingerprint density at radius 3 is 1.82 bits per heavy atom. The number of aromatic nitrogens is 6. The third-order valence-corrected chi connectivity index (χ3v) is 9.00. The van der Waals surface area contributed by atoms with Gasteiger partial charge in [0.2, 0.25) is 5.92 Å². The number of carbonyl (C=O) groups is 2. The molecule has 0 aliphatic heterocycles. The summed E-state index contributed by atoms with van der Waals surface area (Å²) in [4.78, 5) is 44.2. The van der Waals surface area contributed by atoms with Crippen molar-refractivity contribution in [2.45, 2.75) is 51.1 Å². The van der Waals surface area contributed by atoms with Gasteiger partial charge >= 0.3 is 11.9 Å². The number of ether oxygens (including phenoxy) is 1. The van der Waals surface area contributed by atoms with Crippen LogP contribution >= 0.6 is 0 Å². The molecular formula is C35H44F2N8O4. The van der Waals surface area contributed by atoms with Gasteiger partial charge in [-0.25, -0.2) is 28.3 Å². The first-order valence-electron chi connectivity index (χ1n) is 16.5. The lowest BCUT2D eigenvalue weighted by Gasteiger charge is -2.37. The lowest BCUT2D eigenvalue weighted by Crippen LogP contribution is -2.42. The Morgan fingerprint density at radius 2 is 1.35 bits per heavy atom. The van der Waals surface area contributed by atoms with Gasteiger partial charge in [-0.2, -0.15) is 0 Å². The molecule has 2 aliphatic carbocycles. The average molecular weight is 679 g/mol. The number of hydrogen-bond donors (Lipinski definition) is 1. The van der Waals surface area contributed by atoms with Gasteiger partial charge in [0.1, 0.15) is 11.4 Å². The van der Waals surface area contributed by atoms with Gasteiger partial charge in [-0.1, -0.05) is 6.42 Å². The van der Waals surface area contributed by atoms with E-state index in [2.05, 4.69) is 36.8 Å². The van der Waals surface area contributed by atoms with Crippen LogP contribution in [-0.4, -0.2) is 109 Å². The summed E-state index contributed by atoms with van der Waals surface area (Å²) >= 11 is 0. The summed E-state index contributed by atoms with van der Waals surface area (Å²) < 4.78 is 34.4. The van der Waals surface area contributed by atoms with Crippen molar-refractivity contribution < 1.29 is 28.2 Å². The molecule has 4 heterocycles. The van der Waals surface area contributed by atoms with E-state index in [9.17, 15) is 18.4 Å². The zero-order valence-corrected chi connectivity index (χ0v) is 28.2. The van der Waals surface area contributed by atoms with E-state index in [0.29, 0.717) is 41.4 Å². The van der Waals surface area contributed by atoms with Crippen LogP contribution in [0.5, 0.6) is 0 Å². The molecule has 0 amide bonds. The van der Waals surface area contributed by atoms with Crippen molar-refractivity contribution in [3.05, 3.63) is 72.8 Å². The van der Waals surface area contributed by atoms with E-state index in [1.165, 1.54) is 45.2 Å². The zero-order valence-electron chi connectivity index (χ0n) is 28.2. The second-order valence-electron chi connectivity index (χ2n) is 13.1. The maximum absolute atomic E-state index is 12.9. The van der Waals surface area contributed by atoms with Gasteiger partial charge < -0.3 is 28.8 Å². The molecular weight excluding hydrogens is 634 g/mol. The number of hydrogen-bond acceptors (Lipinski definition) is 9. The normalized spacial score (nSPS) is 15.7. The highest BCUT2D eigenvalue weighted by Crippen LogP contribution is 2.42. The van der Waals surface area contributed by atoms with Gasteiger partial charge in [-0.05, 0) is 63.0 Å². The molecule has 14 heteroatoms. The summed E-state index contributed by atoms with van der Waals surface area (Å²) in [5, 5.41) is 9.04. The number of nitrogens with zero attached hydrogens (tertiary/aromatic N) is 8. The molecule has 0 aromatic carbocycles. The van der Waals surface area contributed by atoms with Crippen molar-refractivity contribution in [3.8, 4) is 22.8 Å². The van der Waals surface area contributed by atoms with Crippen LogP contribution in [-0.2, 0) is 17.8 Å². The minimum Gasteiger partial charge on any atom is -0.478 e. The smallest absolute Gasteiger partial charge is 0.337 e. The number of carboxylic acids is 1. The summed E-state index contributed by atoms with van der Waals surface area (Å²) in [5.41, 5.74) is 3.20. The van der Waals surface area contributed by atoms with Crippen LogP contribution in [0.25, 0.3) is 22.8 Å². The molecule has 0 unspecified atom stereocenters. The fourth-order valence-corrected chi connectivity index (χ4v) is 5.97. The topological polar surface area (TPSA) is 132 Å². The first kappa shape index (κ1) is 35.7. The van der Waals surface area contributed by atoms with Crippen LogP contribution in [0, 0.1) is 11.8 Å². The number of pyridine rings is 2. The van der Waals surface area contributed by atoms with Crippen molar-refractivity contribution in [1.29, 1.82) is 0 Å². The van der Waals surface area contributed by atoms with E-state index < -0.39 is 17.9 Å². The van der Waals surface area contributed by atoms with Gasteiger partial charge in [0.05, 0.1) is 42.3 Å². The fourth-order valence-electron chi connectivity index (χ4n) is 5.97. The van der Waals surface area contributed by atoms with Crippen LogP contribution in [0.15, 0.2) is 61.7 Å². The summed E-state index contributed by atoms with van der Waals surface area (Å²) in [6.45, 7) is 5.14. The first-order valence-corrected chi connectivity index (χ1v) is 16.5. The Morgan fingerprint density at radius 1 is 0.837 bits per heavy atom. The molecule has 12 nitrogen and oxygen atoms in total. The number of halogens is 2. The highest BCUT2D eigenvalue weighted by atomic mass is 19.3. The lowest BCUT2D eigenvalue weighted by molar-refractivity contribution is -0.115. The number of carboxylic acid groups (broad SMARTS) is 1. The minimum atomic E-state index is -2.46. The van der Waals surface area contributed by atoms with Gasteiger partial charge in [0.25, 0.3) is 0 Å². The second kappa shape index (κ2) is 16.2. The summed E-state index contributed by atoms with van der Waals surface area (Å²) in [7, 11) is 5.43. The van der Waals surface area contributed by atoms with Crippen LogP contribution in [0.1, 0.15) is 52.8 Å². The molecule has 0 radical (unpaired) electrons. The molecule has 0 spiro atoms. The van der Waals surface area contributed by atoms with E-state index in [-0.39, 0.29) is 24.3 Å². The summed E-state index contributed by atoms with van der Waals surface area (Å²) in [5.74, 6) is -2.88. The number of rotatable bonds is 14. The average Bonchev–Trinajstić information content (AvgIpc) is 3.74. The van der Waals surface area contributed by atoms with E-state index >= 15 is 0 Å². The summed E-state index contributed by atoms with van der Waals surface area (Å²) in [6.07, 6.45) is 14.4. The fraction of sp³-hybridized carbons (Fsp3) is 0.486. The number of likely N-dealkylation sites (N-methyl/N-ethyl adjacent to an activating group) is 2. The van der Waals surface area contributed by atoms with E-state index in [1.54, 1.807) is 37.1 Å². The predicted molar refractivity (Wildman–Crippen MR) is 179 cm³/mol. The molecule has 2 saturated carbocycles. The highest BCUT2D eigenvalue weighted by Gasteiger charge is 2.45. The maximum Gasteiger partial charge on any atom is 0.337 e. The van der Waals surface area contributed by atoms with E-state index in [1.807, 2.05) is 28.6 Å². The van der Waals surface area contributed by atoms with Crippen molar-refractivity contribution in [3.63, 3.8) is 0 Å². The Hall–Kier alpha value is -4.56. The van der Waals surface area contributed by atoms with E-state index in [4.69, 9.17) is 9.84 Å². The molecule has 0 saturated heterocycles. The summed E-state index contributed by atoms with van der Waals surface area (Å²) in [6, 6.07) is 6.27. The van der Waals surface area contributed by atoms with Gasteiger partial charge in [0.15, 0.2) is 0 Å². The second-order valence-corrected chi connectivity index (χ2v) is 13.1. The largest absolute Gasteiger partial charge is 0.478 e.